The van der Waals surface area contributed by atoms with Gasteiger partial charge in [-0.3, -0.25) is 14.5 Å². The highest BCUT2D eigenvalue weighted by Gasteiger charge is 2.37. The number of amides is 3. The van der Waals surface area contributed by atoms with Crippen molar-refractivity contribution in [2.45, 2.75) is 85.0 Å². The minimum Gasteiger partial charge on any atom is -0.444 e. The molecule has 2 unspecified atom stereocenters. The van der Waals surface area contributed by atoms with Crippen LogP contribution in [-0.4, -0.2) is 40.0 Å². The molecule has 0 aromatic heterocycles. The molecule has 7 nitrogen and oxygen atoms in total. The van der Waals surface area contributed by atoms with E-state index in [4.69, 9.17) is 11.2 Å². The molecule has 2 rings (SSSR count). The average Bonchev–Trinajstić information content (AvgIpc) is 2.76. The summed E-state index contributed by atoms with van der Waals surface area (Å²) in [6.07, 6.45) is 5.29. The lowest BCUT2D eigenvalue weighted by Gasteiger charge is -2.32. The zero-order chi connectivity index (χ0) is 28.0. The average molecular weight is 506 g/mol. The van der Waals surface area contributed by atoms with Gasteiger partial charge in [0.2, 0.25) is 5.91 Å². The maximum Gasteiger partial charge on any atom is 0.408 e. The van der Waals surface area contributed by atoms with Gasteiger partial charge in [0.05, 0.1) is 0 Å². The van der Waals surface area contributed by atoms with Crippen LogP contribution in [0.15, 0.2) is 48.5 Å². The van der Waals surface area contributed by atoms with E-state index in [-0.39, 0.29) is 6.42 Å². The molecule has 2 N–H and O–H groups in total. The summed E-state index contributed by atoms with van der Waals surface area (Å²) in [5.41, 5.74) is 2.08. The molecule has 0 spiro atoms. The Hall–Kier alpha value is -3.79. The predicted octanol–water partition coefficient (Wildman–Crippen LogP) is 4.81. The minimum absolute atomic E-state index is 0.164. The van der Waals surface area contributed by atoms with Gasteiger partial charge in [-0.15, -0.1) is 0 Å². The van der Waals surface area contributed by atoms with Gasteiger partial charge in [-0.25, -0.2) is 4.79 Å². The van der Waals surface area contributed by atoms with Crippen molar-refractivity contribution in [2.24, 2.45) is 0 Å². The van der Waals surface area contributed by atoms with Gasteiger partial charge in [-0.2, -0.15) is 0 Å². The monoisotopic (exact) mass is 505 g/mol. The van der Waals surface area contributed by atoms with Crippen molar-refractivity contribution in [2.75, 3.05) is 0 Å². The van der Waals surface area contributed by atoms with Crippen molar-refractivity contribution in [1.29, 1.82) is 0 Å². The second-order valence-electron chi connectivity index (χ2n) is 11.2. The van der Waals surface area contributed by atoms with E-state index in [0.29, 0.717) is 5.56 Å². The summed E-state index contributed by atoms with van der Waals surface area (Å²) in [6, 6.07) is 15.0. The van der Waals surface area contributed by atoms with E-state index in [0.717, 1.165) is 21.6 Å². The first-order chi connectivity index (χ1) is 17.1. The van der Waals surface area contributed by atoms with Gasteiger partial charge in [0, 0.05) is 18.0 Å². The Balaban J connectivity index is 2.53. The Labute approximate surface area is 221 Å². The van der Waals surface area contributed by atoms with Crippen LogP contribution in [0.25, 0.3) is 0 Å². The van der Waals surface area contributed by atoms with E-state index in [2.05, 4.69) is 16.7 Å². The first kappa shape index (κ1) is 29.4. The minimum atomic E-state index is -1.10. The number of terminal acetylenes is 1. The fraction of sp³-hybridized carbons (Fsp3) is 0.433. The Morgan fingerprint density at radius 3 is 2.11 bits per heavy atom. The Bertz CT molecular complexity index is 1150. The number of ether oxygens (including phenoxy) is 1. The smallest absolute Gasteiger partial charge is 0.408 e. The van der Waals surface area contributed by atoms with E-state index < -0.39 is 41.1 Å². The maximum atomic E-state index is 13.9. The molecule has 0 radical (unpaired) electrons. The third-order valence-corrected chi connectivity index (χ3v) is 5.50. The van der Waals surface area contributed by atoms with Crippen LogP contribution in [0.3, 0.4) is 0 Å². The van der Waals surface area contributed by atoms with E-state index >= 15 is 0 Å². The first-order valence-corrected chi connectivity index (χ1v) is 12.3. The number of hydrogen-bond donors (Lipinski definition) is 2. The number of benzene rings is 2. The van der Waals surface area contributed by atoms with E-state index in [9.17, 15) is 14.4 Å². The molecule has 2 atom stereocenters. The van der Waals surface area contributed by atoms with E-state index in [1.807, 2.05) is 77.1 Å². The number of nitrogens with one attached hydrogen (secondary N) is 2. The largest absolute Gasteiger partial charge is 0.444 e. The van der Waals surface area contributed by atoms with Crippen molar-refractivity contribution in [3.05, 3.63) is 70.8 Å². The molecule has 0 aliphatic carbocycles. The van der Waals surface area contributed by atoms with Gasteiger partial charge in [-0.1, -0.05) is 55.0 Å². The summed E-state index contributed by atoms with van der Waals surface area (Å²) in [5.74, 6) is -1.01. The molecule has 0 aliphatic rings. The number of carbonyl (C=O) groups excluding carboxylic acids is 3. The van der Waals surface area contributed by atoms with E-state index in [1.54, 1.807) is 26.8 Å². The molecule has 0 bridgehead atoms. The Morgan fingerprint density at radius 1 is 0.973 bits per heavy atom. The standard InChI is InChI=1S/C30H39N3O4/c1-10-33(25(26(34)32-29(4,5)6)23-17-16-20(2)21(3)18-23)27(35)24(19-22-14-12-11-13-15-22)31-28(36)37-30(7,8)9/h1,11-18,24-25H,19H2,2-9H3,(H,31,36)(H,32,34). The van der Waals surface area contributed by atoms with Gasteiger partial charge < -0.3 is 15.4 Å². The van der Waals surface area contributed by atoms with Gasteiger partial charge in [-0.05, 0) is 77.6 Å². The van der Waals surface area contributed by atoms with Gasteiger partial charge in [0.25, 0.3) is 5.91 Å². The molecule has 0 aliphatic heterocycles. The van der Waals surface area contributed by atoms with Crippen LogP contribution >= 0.6 is 0 Å². The number of carbonyl (C=O) groups is 3. The lowest BCUT2D eigenvalue weighted by Crippen LogP contribution is -2.53. The van der Waals surface area contributed by atoms with Crippen molar-refractivity contribution in [3.8, 4) is 12.5 Å². The van der Waals surface area contributed by atoms with Crippen molar-refractivity contribution in [1.82, 2.24) is 15.5 Å². The molecule has 198 valence electrons. The fourth-order valence-corrected chi connectivity index (χ4v) is 3.72. The summed E-state index contributed by atoms with van der Waals surface area (Å²) in [7, 11) is 0. The third-order valence-electron chi connectivity index (χ3n) is 5.50. The summed E-state index contributed by atoms with van der Waals surface area (Å²) < 4.78 is 5.41. The molecule has 0 fully saturated rings. The third kappa shape index (κ3) is 8.98. The highest BCUT2D eigenvalue weighted by Crippen LogP contribution is 2.25. The zero-order valence-electron chi connectivity index (χ0n) is 23.1. The van der Waals surface area contributed by atoms with Crippen LogP contribution in [0.1, 0.15) is 69.8 Å². The summed E-state index contributed by atoms with van der Waals surface area (Å²) in [6.45, 7) is 14.7. The first-order valence-electron chi connectivity index (χ1n) is 12.3. The quantitative estimate of drug-likeness (QED) is 0.417. The van der Waals surface area contributed by atoms with Crippen LogP contribution < -0.4 is 10.6 Å². The number of rotatable bonds is 7. The van der Waals surface area contributed by atoms with Crippen molar-refractivity contribution >= 4 is 17.9 Å². The number of nitrogens with zero attached hydrogens (tertiary/aromatic N) is 1. The molecule has 0 saturated heterocycles. The van der Waals surface area contributed by atoms with Crippen LogP contribution in [0.4, 0.5) is 4.79 Å². The predicted molar refractivity (Wildman–Crippen MR) is 146 cm³/mol. The zero-order valence-corrected chi connectivity index (χ0v) is 23.1. The van der Waals surface area contributed by atoms with Gasteiger partial charge in [0.15, 0.2) is 0 Å². The maximum absolute atomic E-state index is 13.9. The normalized spacial score (nSPS) is 13.1. The van der Waals surface area contributed by atoms with Crippen LogP contribution in [-0.2, 0) is 20.7 Å². The lowest BCUT2D eigenvalue weighted by molar-refractivity contribution is -0.139. The highest BCUT2D eigenvalue weighted by molar-refractivity contribution is 5.93. The topological polar surface area (TPSA) is 87.7 Å². The second-order valence-corrected chi connectivity index (χ2v) is 11.2. The molecule has 2 aromatic rings. The van der Waals surface area contributed by atoms with Crippen molar-refractivity contribution < 1.29 is 19.1 Å². The molecule has 3 amide bonds. The van der Waals surface area contributed by atoms with Gasteiger partial charge in [0.1, 0.15) is 17.7 Å². The number of hydrogen-bond acceptors (Lipinski definition) is 4. The SMILES string of the molecule is C#CN(C(=O)C(Cc1ccccc1)NC(=O)OC(C)(C)C)C(C(=O)NC(C)(C)C)c1ccc(C)c(C)c1. The molecule has 37 heavy (non-hydrogen) atoms. The molecule has 0 saturated carbocycles. The number of aryl methyl sites for hydroxylation is 2. The molecular formula is C30H39N3O4. The molecular weight excluding hydrogens is 466 g/mol. The highest BCUT2D eigenvalue weighted by atomic mass is 16.6. The van der Waals surface area contributed by atoms with Crippen LogP contribution in [0.2, 0.25) is 0 Å². The van der Waals surface area contributed by atoms with Gasteiger partial charge >= 0.3 is 6.09 Å². The summed E-state index contributed by atoms with van der Waals surface area (Å²) >= 11 is 0. The molecule has 0 heterocycles. The summed E-state index contributed by atoms with van der Waals surface area (Å²) in [5, 5.41) is 5.61. The Morgan fingerprint density at radius 2 is 1.59 bits per heavy atom. The number of alkyl carbamates (subject to hydrolysis) is 1. The van der Waals surface area contributed by atoms with E-state index in [1.165, 1.54) is 0 Å². The molecule has 7 heteroatoms. The van der Waals surface area contributed by atoms with Crippen LogP contribution in [0.5, 0.6) is 0 Å². The van der Waals surface area contributed by atoms with Crippen molar-refractivity contribution in [3.63, 3.8) is 0 Å². The Kier molecular flexibility index (Phi) is 9.52. The summed E-state index contributed by atoms with van der Waals surface area (Å²) in [4.78, 5) is 41.2. The second kappa shape index (κ2) is 12.0. The molecule has 2 aromatic carbocycles. The lowest BCUT2D eigenvalue weighted by atomic mass is 9.97. The van der Waals surface area contributed by atoms with Crippen LogP contribution in [0, 0.1) is 26.3 Å². The fourth-order valence-electron chi connectivity index (χ4n) is 3.72.